The Hall–Kier alpha value is -0.970. The van der Waals surface area contributed by atoms with Crippen LogP contribution in [0.4, 0.5) is 4.39 Å². The van der Waals surface area contributed by atoms with E-state index < -0.39 is 0 Å². The lowest BCUT2D eigenvalue weighted by molar-refractivity contribution is 0.208. The quantitative estimate of drug-likeness (QED) is 0.794. The largest absolute Gasteiger partial charge is 0.323 e. The average molecular weight is 281 g/mol. The third-order valence-electron chi connectivity index (χ3n) is 3.24. The van der Waals surface area contributed by atoms with Crippen LogP contribution in [0, 0.1) is 11.7 Å². The van der Waals surface area contributed by atoms with Crippen molar-refractivity contribution in [1.29, 1.82) is 0 Å². The molecule has 0 spiro atoms. The minimum absolute atomic E-state index is 0.0727. The molecule has 1 aromatic rings. The van der Waals surface area contributed by atoms with Crippen molar-refractivity contribution < 1.29 is 4.39 Å². The molecule has 0 amide bonds. The number of hydrogen-bond acceptors (Lipinski definition) is 3. The lowest BCUT2D eigenvalue weighted by Gasteiger charge is -2.28. The lowest BCUT2D eigenvalue weighted by atomic mass is 10.1. The smallest absolute Gasteiger partial charge is 0.123 e. The first-order valence-electron chi connectivity index (χ1n) is 7.26. The summed E-state index contributed by atoms with van der Waals surface area (Å²) in [5.74, 6) is 0.394. The topological polar surface area (TPSA) is 32.5 Å². The molecule has 20 heavy (non-hydrogen) atoms. The first-order valence-corrected chi connectivity index (χ1v) is 7.26. The van der Waals surface area contributed by atoms with Gasteiger partial charge >= 0.3 is 0 Å². The Morgan fingerprint density at radius 2 is 1.65 bits per heavy atom. The van der Waals surface area contributed by atoms with Crippen LogP contribution in [0.5, 0.6) is 0 Å². The van der Waals surface area contributed by atoms with Gasteiger partial charge in [0.15, 0.2) is 0 Å². The summed E-state index contributed by atoms with van der Waals surface area (Å²) >= 11 is 0. The van der Waals surface area contributed by atoms with E-state index in [1.807, 2.05) is 0 Å². The summed E-state index contributed by atoms with van der Waals surface area (Å²) in [5, 5.41) is 0. The predicted octanol–water partition coefficient (Wildman–Crippen LogP) is 2.35. The Morgan fingerprint density at radius 1 is 1.05 bits per heavy atom. The van der Waals surface area contributed by atoms with Crippen molar-refractivity contribution in [2.45, 2.75) is 19.9 Å². The van der Waals surface area contributed by atoms with Crippen molar-refractivity contribution >= 4 is 0 Å². The van der Waals surface area contributed by atoms with Crippen LogP contribution < -0.4 is 5.73 Å². The molecule has 4 heteroatoms. The Labute approximate surface area is 122 Å². The lowest BCUT2D eigenvalue weighted by Crippen LogP contribution is -2.39. The molecule has 0 saturated heterocycles. The van der Waals surface area contributed by atoms with E-state index in [-0.39, 0.29) is 11.9 Å². The summed E-state index contributed by atoms with van der Waals surface area (Å²) in [4.78, 5) is 4.56. The maximum Gasteiger partial charge on any atom is 0.123 e. The van der Waals surface area contributed by atoms with E-state index in [4.69, 9.17) is 5.73 Å². The second-order valence-electron chi connectivity index (χ2n) is 6.11. The molecular formula is C16H28FN3. The highest BCUT2D eigenvalue weighted by Crippen LogP contribution is 2.13. The van der Waals surface area contributed by atoms with Crippen molar-refractivity contribution in [3.8, 4) is 0 Å². The molecule has 0 aliphatic carbocycles. The van der Waals surface area contributed by atoms with Gasteiger partial charge in [0.1, 0.15) is 5.82 Å². The van der Waals surface area contributed by atoms with Gasteiger partial charge in [0.25, 0.3) is 0 Å². The molecular weight excluding hydrogens is 253 g/mol. The van der Waals surface area contributed by atoms with E-state index in [2.05, 4.69) is 37.7 Å². The highest BCUT2D eigenvalue weighted by Gasteiger charge is 2.14. The SMILES string of the molecule is CC(C)CN(CCN(C)C)CC(N)c1ccc(F)cc1. The molecule has 0 bridgehead atoms. The Bertz CT molecular complexity index is 376. The Kier molecular flexibility index (Phi) is 7.13. The van der Waals surface area contributed by atoms with Gasteiger partial charge in [0.05, 0.1) is 0 Å². The number of hydrogen-bond donors (Lipinski definition) is 1. The molecule has 0 saturated carbocycles. The molecule has 0 fully saturated rings. The molecule has 1 unspecified atom stereocenters. The van der Waals surface area contributed by atoms with E-state index in [0.29, 0.717) is 5.92 Å². The standard InChI is InChI=1S/C16H28FN3/c1-13(2)11-20(10-9-19(3)4)12-16(18)14-5-7-15(17)8-6-14/h5-8,13,16H,9-12,18H2,1-4H3. The molecule has 1 atom stereocenters. The van der Waals surface area contributed by atoms with Gasteiger partial charge in [-0.25, -0.2) is 4.39 Å². The number of benzene rings is 1. The minimum atomic E-state index is -0.215. The fraction of sp³-hybridized carbons (Fsp3) is 0.625. The number of halogens is 1. The second kappa shape index (κ2) is 8.35. The van der Waals surface area contributed by atoms with Crippen molar-refractivity contribution in [1.82, 2.24) is 9.80 Å². The zero-order valence-electron chi connectivity index (χ0n) is 13.1. The van der Waals surface area contributed by atoms with Crippen LogP contribution in [0.15, 0.2) is 24.3 Å². The number of nitrogens with two attached hydrogens (primary N) is 1. The molecule has 1 rings (SSSR count). The van der Waals surface area contributed by atoms with E-state index in [0.717, 1.165) is 31.7 Å². The van der Waals surface area contributed by atoms with E-state index in [9.17, 15) is 4.39 Å². The molecule has 3 nitrogen and oxygen atoms in total. The molecule has 0 aromatic heterocycles. The summed E-state index contributed by atoms with van der Waals surface area (Å²) in [7, 11) is 4.15. The second-order valence-corrected chi connectivity index (χ2v) is 6.11. The van der Waals surface area contributed by atoms with Gasteiger partial charge in [-0.1, -0.05) is 26.0 Å². The van der Waals surface area contributed by atoms with Crippen LogP contribution in [0.2, 0.25) is 0 Å². The van der Waals surface area contributed by atoms with Crippen molar-refractivity contribution in [3.63, 3.8) is 0 Å². The van der Waals surface area contributed by atoms with Gasteiger partial charge < -0.3 is 10.6 Å². The number of nitrogens with zero attached hydrogens (tertiary/aromatic N) is 2. The predicted molar refractivity (Wildman–Crippen MR) is 83.2 cm³/mol. The monoisotopic (exact) mass is 281 g/mol. The zero-order valence-corrected chi connectivity index (χ0v) is 13.1. The van der Waals surface area contributed by atoms with Crippen LogP contribution in [0.3, 0.4) is 0 Å². The van der Waals surface area contributed by atoms with E-state index in [1.165, 1.54) is 12.1 Å². The summed E-state index contributed by atoms with van der Waals surface area (Å²) in [6, 6.07) is 6.43. The van der Waals surface area contributed by atoms with Gasteiger partial charge in [-0.3, -0.25) is 4.90 Å². The van der Waals surface area contributed by atoms with E-state index in [1.54, 1.807) is 12.1 Å². The highest BCUT2D eigenvalue weighted by atomic mass is 19.1. The highest BCUT2D eigenvalue weighted by molar-refractivity contribution is 5.19. The Balaban J connectivity index is 2.60. The number of rotatable bonds is 8. The normalized spacial score (nSPS) is 13.4. The maximum absolute atomic E-state index is 12.9. The Morgan fingerprint density at radius 3 is 2.15 bits per heavy atom. The van der Waals surface area contributed by atoms with Gasteiger partial charge in [-0.15, -0.1) is 0 Å². The summed E-state index contributed by atoms with van der Waals surface area (Å²) in [5.41, 5.74) is 7.24. The fourth-order valence-electron chi connectivity index (χ4n) is 2.21. The van der Waals surface area contributed by atoms with Crippen LogP contribution in [-0.2, 0) is 0 Å². The van der Waals surface area contributed by atoms with Crippen LogP contribution in [0.25, 0.3) is 0 Å². The van der Waals surface area contributed by atoms with Gasteiger partial charge in [0.2, 0.25) is 0 Å². The average Bonchev–Trinajstić information content (AvgIpc) is 2.36. The first kappa shape index (κ1) is 17.1. The van der Waals surface area contributed by atoms with Crippen molar-refractivity contribution in [3.05, 3.63) is 35.6 Å². The third-order valence-corrected chi connectivity index (χ3v) is 3.24. The van der Waals surface area contributed by atoms with Crippen LogP contribution in [-0.4, -0.2) is 50.1 Å². The number of likely N-dealkylation sites (N-methyl/N-ethyl adjacent to an activating group) is 1. The third kappa shape index (κ3) is 6.46. The molecule has 0 radical (unpaired) electrons. The molecule has 2 N–H and O–H groups in total. The van der Waals surface area contributed by atoms with Gasteiger partial charge in [0, 0.05) is 32.2 Å². The van der Waals surface area contributed by atoms with Gasteiger partial charge in [-0.05, 0) is 37.7 Å². The first-order chi connectivity index (χ1) is 9.38. The summed E-state index contributed by atoms with van der Waals surface area (Å²) < 4.78 is 12.9. The molecule has 0 aliphatic heterocycles. The molecule has 114 valence electrons. The summed E-state index contributed by atoms with van der Waals surface area (Å²) in [6.45, 7) is 8.28. The molecule has 0 aliphatic rings. The van der Waals surface area contributed by atoms with Crippen molar-refractivity contribution in [2.75, 3.05) is 40.3 Å². The molecule has 0 heterocycles. The minimum Gasteiger partial charge on any atom is -0.323 e. The van der Waals surface area contributed by atoms with Crippen LogP contribution in [0.1, 0.15) is 25.5 Å². The van der Waals surface area contributed by atoms with Crippen molar-refractivity contribution in [2.24, 2.45) is 11.7 Å². The fourth-order valence-corrected chi connectivity index (χ4v) is 2.21. The van der Waals surface area contributed by atoms with Crippen LogP contribution >= 0.6 is 0 Å². The van der Waals surface area contributed by atoms with E-state index >= 15 is 0 Å². The zero-order chi connectivity index (χ0) is 15.1. The summed E-state index contributed by atoms with van der Waals surface area (Å²) in [6.07, 6.45) is 0. The maximum atomic E-state index is 12.9. The van der Waals surface area contributed by atoms with Gasteiger partial charge in [-0.2, -0.15) is 0 Å². The molecule has 1 aromatic carbocycles.